The van der Waals surface area contributed by atoms with Gasteiger partial charge in [0.1, 0.15) is 5.01 Å². The predicted octanol–water partition coefficient (Wildman–Crippen LogP) is 2.58. The van der Waals surface area contributed by atoms with Crippen LogP contribution in [0.4, 0.5) is 0 Å². The Kier molecular flexibility index (Phi) is 3.45. The van der Waals surface area contributed by atoms with Crippen molar-refractivity contribution in [3.63, 3.8) is 0 Å². The summed E-state index contributed by atoms with van der Waals surface area (Å²) in [5.74, 6) is -1.02. The van der Waals surface area contributed by atoms with Gasteiger partial charge >= 0.3 is 5.97 Å². The molecule has 0 aliphatic rings. The van der Waals surface area contributed by atoms with Gasteiger partial charge in [-0.15, -0.1) is 11.3 Å². The number of thiazole rings is 1. The number of nitrogens with two attached hydrogens (primary N) is 1. The summed E-state index contributed by atoms with van der Waals surface area (Å²) in [6.45, 7) is 4.18. The molecule has 2 rings (SSSR count). The summed E-state index contributed by atoms with van der Waals surface area (Å²) in [6, 6.07) is 6.04. The topological polar surface area (TPSA) is 76.2 Å². The minimum absolute atomic E-state index is 0.0680. The Morgan fingerprint density at radius 1 is 1.44 bits per heavy atom. The molecule has 0 aliphatic heterocycles. The van der Waals surface area contributed by atoms with Crippen molar-refractivity contribution in [3.8, 4) is 10.6 Å². The van der Waals surface area contributed by atoms with Crippen molar-refractivity contribution in [1.82, 2.24) is 4.98 Å². The van der Waals surface area contributed by atoms with E-state index < -0.39 is 5.97 Å². The van der Waals surface area contributed by atoms with Crippen LogP contribution >= 0.6 is 11.3 Å². The quantitative estimate of drug-likeness (QED) is 0.891. The number of carboxylic acids is 1. The van der Waals surface area contributed by atoms with Crippen LogP contribution < -0.4 is 5.73 Å². The monoisotopic (exact) mass is 262 g/mol. The van der Waals surface area contributed by atoms with Crippen molar-refractivity contribution in [3.05, 3.63) is 39.9 Å². The molecule has 1 aromatic heterocycles. The Hall–Kier alpha value is -1.72. The molecule has 0 amide bonds. The van der Waals surface area contributed by atoms with Crippen LogP contribution in [0.15, 0.2) is 18.2 Å². The Bertz CT molecular complexity index is 605. The Morgan fingerprint density at radius 3 is 2.72 bits per heavy atom. The fourth-order valence-corrected chi connectivity index (χ4v) is 2.75. The predicted molar refractivity (Wildman–Crippen MR) is 71.9 cm³/mol. The molecule has 1 heterocycles. The maximum atomic E-state index is 11.1. The van der Waals surface area contributed by atoms with Crippen LogP contribution in [-0.2, 0) is 6.54 Å². The molecule has 0 aliphatic carbocycles. The third-order valence-electron chi connectivity index (χ3n) is 2.71. The first-order valence-corrected chi connectivity index (χ1v) is 6.35. The maximum Gasteiger partial charge on any atom is 0.355 e. The average Bonchev–Trinajstić information content (AvgIpc) is 2.76. The van der Waals surface area contributed by atoms with E-state index in [2.05, 4.69) is 4.98 Å². The van der Waals surface area contributed by atoms with Crippen LogP contribution in [0, 0.1) is 13.8 Å². The molecular weight excluding hydrogens is 248 g/mol. The second-order valence-corrected chi connectivity index (χ2v) is 5.20. The lowest BCUT2D eigenvalue weighted by Crippen LogP contribution is -2.04. The number of hydrogen-bond acceptors (Lipinski definition) is 4. The average molecular weight is 262 g/mol. The standard InChI is InChI=1S/C13H14N2O2S/c1-7-3-4-8(2)9(5-7)12-15-11(13(16)17)10(6-14)18-12/h3-5H,6,14H2,1-2H3,(H,16,17). The van der Waals surface area contributed by atoms with Crippen LogP contribution in [0.25, 0.3) is 10.6 Å². The number of carboxylic acid groups (broad SMARTS) is 1. The molecule has 0 saturated heterocycles. The van der Waals surface area contributed by atoms with Crippen LogP contribution in [-0.4, -0.2) is 16.1 Å². The van der Waals surface area contributed by atoms with Crippen molar-refractivity contribution in [1.29, 1.82) is 0 Å². The van der Waals surface area contributed by atoms with Crippen LogP contribution in [0.2, 0.25) is 0 Å². The first-order chi connectivity index (χ1) is 8.52. The molecule has 0 atom stereocenters. The molecule has 3 N–H and O–H groups in total. The number of nitrogens with zero attached hydrogens (tertiary/aromatic N) is 1. The fourth-order valence-electron chi connectivity index (χ4n) is 1.74. The van der Waals surface area contributed by atoms with E-state index in [4.69, 9.17) is 10.8 Å². The van der Waals surface area contributed by atoms with Crippen molar-refractivity contribution in [2.45, 2.75) is 20.4 Å². The summed E-state index contributed by atoms with van der Waals surface area (Å²) in [7, 11) is 0. The summed E-state index contributed by atoms with van der Waals surface area (Å²) in [5.41, 5.74) is 8.80. The third kappa shape index (κ3) is 2.27. The second-order valence-electron chi connectivity index (χ2n) is 4.12. The SMILES string of the molecule is Cc1ccc(C)c(-c2nc(C(=O)O)c(CN)s2)c1. The van der Waals surface area contributed by atoms with Gasteiger partial charge in [0, 0.05) is 12.1 Å². The van der Waals surface area contributed by atoms with Gasteiger partial charge in [-0.05, 0) is 25.5 Å². The highest BCUT2D eigenvalue weighted by molar-refractivity contribution is 7.15. The molecular formula is C13H14N2O2S. The van der Waals surface area contributed by atoms with Gasteiger partial charge in [0.05, 0.1) is 4.88 Å². The molecule has 0 fully saturated rings. The highest BCUT2D eigenvalue weighted by Crippen LogP contribution is 2.30. The lowest BCUT2D eigenvalue weighted by atomic mass is 10.1. The van der Waals surface area contributed by atoms with Gasteiger partial charge < -0.3 is 10.8 Å². The number of hydrogen-bond donors (Lipinski definition) is 2. The molecule has 94 valence electrons. The van der Waals surface area contributed by atoms with Gasteiger partial charge in [-0.1, -0.05) is 17.7 Å². The van der Waals surface area contributed by atoms with E-state index in [9.17, 15) is 4.79 Å². The molecule has 4 nitrogen and oxygen atoms in total. The van der Waals surface area contributed by atoms with Crippen LogP contribution in [0.1, 0.15) is 26.5 Å². The zero-order valence-corrected chi connectivity index (χ0v) is 11.0. The van der Waals surface area contributed by atoms with Crippen molar-refractivity contribution in [2.24, 2.45) is 5.73 Å². The molecule has 2 aromatic rings. The van der Waals surface area contributed by atoms with Crippen LogP contribution in [0.5, 0.6) is 0 Å². The Morgan fingerprint density at radius 2 is 2.17 bits per heavy atom. The van der Waals surface area contributed by atoms with E-state index in [1.807, 2.05) is 32.0 Å². The highest BCUT2D eigenvalue weighted by atomic mass is 32.1. The zero-order valence-electron chi connectivity index (χ0n) is 10.2. The van der Waals surface area contributed by atoms with Crippen molar-refractivity contribution >= 4 is 17.3 Å². The first-order valence-electron chi connectivity index (χ1n) is 5.53. The van der Waals surface area contributed by atoms with E-state index in [0.29, 0.717) is 9.88 Å². The van der Waals surface area contributed by atoms with E-state index in [-0.39, 0.29) is 12.2 Å². The van der Waals surface area contributed by atoms with Gasteiger partial charge in [0.15, 0.2) is 5.69 Å². The van der Waals surface area contributed by atoms with E-state index in [1.165, 1.54) is 11.3 Å². The smallest absolute Gasteiger partial charge is 0.355 e. The first kappa shape index (κ1) is 12.7. The lowest BCUT2D eigenvalue weighted by Gasteiger charge is -2.03. The molecule has 0 radical (unpaired) electrons. The largest absolute Gasteiger partial charge is 0.476 e. The van der Waals surface area contributed by atoms with E-state index in [0.717, 1.165) is 16.7 Å². The summed E-state index contributed by atoms with van der Waals surface area (Å²) in [5, 5.41) is 9.79. The van der Waals surface area contributed by atoms with E-state index >= 15 is 0 Å². The van der Waals surface area contributed by atoms with Gasteiger partial charge in [-0.2, -0.15) is 0 Å². The van der Waals surface area contributed by atoms with E-state index in [1.54, 1.807) is 0 Å². The number of aromatic carboxylic acids is 1. The Labute approximate surface area is 109 Å². The molecule has 5 heteroatoms. The summed E-state index contributed by atoms with van der Waals surface area (Å²) < 4.78 is 0. The number of carbonyl (C=O) groups is 1. The number of aryl methyl sites for hydroxylation is 2. The van der Waals surface area contributed by atoms with Gasteiger partial charge in [0.2, 0.25) is 0 Å². The zero-order chi connectivity index (χ0) is 13.3. The van der Waals surface area contributed by atoms with Gasteiger partial charge in [0.25, 0.3) is 0 Å². The Balaban J connectivity index is 2.57. The van der Waals surface area contributed by atoms with Gasteiger partial charge in [-0.3, -0.25) is 0 Å². The third-order valence-corrected chi connectivity index (χ3v) is 3.82. The molecule has 18 heavy (non-hydrogen) atoms. The van der Waals surface area contributed by atoms with Crippen molar-refractivity contribution in [2.75, 3.05) is 0 Å². The molecule has 0 spiro atoms. The number of aromatic nitrogens is 1. The highest BCUT2D eigenvalue weighted by Gasteiger charge is 2.17. The van der Waals surface area contributed by atoms with Gasteiger partial charge in [-0.25, -0.2) is 9.78 Å². The normalized spacial score (nSPS) is 10.6. The van der Waals surface area contributed by atoms with Crippen LogP contribution in [0.3, 0.4) is 0 Å². The fraction of sp³-hybridized carbons (Fsp3) is 0.231. The van der Waals surface area contributed by atoms with Crippen molar-refractivity contribution < 1.29 is 9.90 Å². The summed E-state index contributed by atoms with van der Waals surface area (Å²) in [6.07, 6.45) is 0. The summed E-state index contributed by atoms with van der Waals surface area (Å²) in [4.78, 5) is 15.9. The molecule has 1 aromatic carbocycles. The maximum absolute atomic E-state index is 11.1. The minimum Gasteiger partial charge on any atom is -0.476 e. The minimum atomic E-state index is -1.02. The summed E-state index contributed by atoms with van der Waals surface area (Å²) >= 11 is 1.35. The number of rotatable bonds is 3. The molecule has 0 bridgehead atoms. The second kappa shape index (κ2) is 4.88. The molecule has 0 unspecified atom stereocenters. The number of benzene rings is 1. The lowest BCUT2D eigenvalue weighted by molar-refractivity contribution is 0.0690. The molecule has 0 saturated carbocycles.